The van der Waals surface area contributed by atoms with Crippen molar-refractivity contribution in [3.05, 3.63) is 24.3 Å². The van der Waals surface area contributed by atoms with Crippen molar-refractivity contribution in [3.63, 3.8) is 0 Å². The summed E-state index contributed by atoms with van der Waals surface area (Å²) in [6.07, 6.45) is 12.3. The molecule has 25 heavy (non-hydrogen) atoms. The monoisotopic (exact) mass is 354 g/mol. The van der Waals surface area contributed by atoms with Gasteiger partial charge >= 0.3 is 5.97 Å². The first-order chi connectivity index (χ1) is 12.0. The van der Waals surface area contributed by atoms with E-state index in [9.17, 15) is 20.1 Å². The van der Waals surface area contributed by atoms with Crippen molar-refractivity contribution in [1.29, 1.82) is 0 Å². The largest absolute Gasteiger partial charge is 0.481 e. The van der Waals surface area contributed by atoms with Gasteiger partial charge in [-0.3, -0.25) is 4.79 Å². The summed E-state index contributed by atoms with van der Waals surface area (Å²) in [5, 5.41) is 39.0. The van der Waals surface area contributed by atoms with E-state index in [0.717, 1.165) is 25.7 Å². The number of unbranched alkanes of at least 4 members (excludes halogenated alkanes) is 3. The molecule has 1 unspecified atom stereocenters. The predicted octanol–water partition coefficient (Wildman–Crippen LogP) is 3.04. The van der Waals surface area contributed by atoms with Crippen LogP contribution in [0.1, 0.15) is 64.7 Å². The van der Waals surface area contributed by atoms with Crippen LogP contribution in [0, 0.1) is 11.8 Å². The first-order valence-corrected chi connectivity index (χ1v) is 9.55. The zero-order valence-corrected chi connectivity index (χ0v) is 15.3. The zero-order chi connectivity index (χ0) is 18.7. The van der Waals surface area contributed by atoms with Crippen molar-refractivity contribution in [2.75, 3.05) is 0 Å². The first-order valence-electron chi connectivity index (χ1n) is 9.55. The number of carboxylic acid groups (broad SMARTS) is 1. The summed E-state index contributed by atoms with van der Waals surface area (Å²) >= 11 is 0. The Morgan fingerprint density at radius 2 is 1.92 bits per heavy atom. The van der Waals surface area contributed by atoms with Crippen LogP contribution in [0.15, 0.2) is 24.3 Å². The highest BCUT2D eigenvalue weighted by Gasteiger charge is 2.39. The van der Waals surface area contributed by atoms with Gasteiger partial charge in [0.2, 0.25) is 0 Å². The number of allylic oxidation sites excluding steroid dienone is 2. The average molecular weight is 354 g/mol. The minimum absolute atomic E-state index is 0.0650. The topological polar surface area (TPSA) is 98.0 Å². The Balaban J connectivity index is 2.46. The van der Waals surface area contributed by atoms with Crippen LogP contribution in [-0.2, 0) is 4.79 Å². The molecule has 144 valence electrons. The molecule has 0 spiro atoms. The Labute approximate surface area is 151 Å². The molecule has 0 aliphatic heterocycles. The van der Waals surface area contributed by atoms with Crippen LogP contribution in [0.2, 0.25) is 0 Å². The van der Waals surface area contributed by atoms with Gasteiger partial charge in [-0.1, -0.05) is 50.5 Å². The lowest BCUT2D eigenvalue weighted by atomic mass is 9.89. The van der Waals surface area contributed by atoms with Gasteiger partial charge in [-0.2, -0.15) is 0 Å². The summed E-state index contributed by atoms with van der Waals surface area (Å²) in [6.45, 7) is 2.12. The fourth-order valence-corrected chi connectivity index (χ4v) is 3.41. The van der Waals surface area contributed by atoms with Gasteiger partial charge in [0.05, 0.1) is 18.3 Å². The molecule has 1 saturated carbocycles. The van der Waals surface area contributed by atoms with E-state index < -0.39 is 24.3 Å². The number of aliphatic hydroxyl groups excluding tert-OH is 3. The molecule has 0 aromatic carbocycles. The third-order valence-corrected chi connectivity index (χ3v) is 4.91. The Hall–Kier alpha value is -1.17. The van der Waals surface area contributed by atoms with Crippen LogP contribution in [0.3, 0.4) is 0 Å². The van der Waals surface area contributed by atoms with Crippen LogP contribution in [-0.4, -0.2) is 44.7 Å². The lowest BCUT2D eigenvalue weighted by molar-refractivity contribution is -0.137. The van der Waals surface area contributed by atoms with Crippen molar-refractivity contribution in [1.82, 2.24) is 0 Å². The summed E-state index contributed by atoms with van der Waals surface area (Å²) in [7, 11) is 0. The van der Waals surface area contributed by atoms with E-state index in [1.54, 1.807) is 6.08 Å². The van der Waals surface area contributed by atoms with Crippen molar-refractivity contribution >= 4 is 5.97 Å². The zero-order valence-electron chi connectivity index (χ0n) is 15.3. The highest BCUT2D eigenvalue weighted by Crippen LogP contribution is 2.36. The van der Waals surface area contributed by atoms with Crippen LogP contribution in [0.4, 0.5) is 0 Å². The Morgan fingerprint density at radius 3 is 2.60 bits per heavy atom. The molecule has 1 aliphatic rings. The molecule has 4 N–H and O–H groups in total. The summed E-state index contributed by atoms with van der Waals surface area (Å²) < 4.78 is 0. The number of hydrogen-bond donors (Lipinski definition) is 4. The van der Waals surface area contributed by atoms with Gasteiger partial charge < -0.3 is 20.4 Å². The maximum Gasteiger partial charge on any atom is 0.303 e. The molecular formula is C20H34O5. The van der Waals surface area contributed by atoms with E-state index in [1.807, 2.05) is 18.2 Å². The maximum absolute atomic E-state index is 10.5. The minimum atomic E-state index is -0.787. The van der Waals surface area contributed by atoms with E-state index in [2.05, 4.69) is 6.92 Å². The lowest BCUT2D eigenvalue weighted by Crippen LogP contribution is -2.20. The normalized spacial score (nSPS) is 28.2. The van der Waals surface area contributed by atoms with Crippen LogP contribution in [0.5, 0.6) is 0 Å². The fraction of sp³-hybridized carbons (Fsp3) is 0.750. The van der Waals surface area contributed by atoms with Crippen LogP contribution >= 0.6 is 0 Å². The van der Waals surface area contributed by atoms with E-state index in [1.165, 1.54) is 0 Å². The van der Waals surface area contributed by atoms with Crippen molar-refractivity contribution < 1.29 is 25.2 Å². The molecule has 0 aromatic heterocycles. The predicted molar refractivity (Wildman–Crippen MR) is 98.1 cm³/mol. The summed E-state index contributed by atoms with van der Waals surface area (Å²) in [5.41, 5.74) is 0. The van der Waals surface area contributed by atoms with Gasteiger partial charge in [0.15, 0.2) is 0 Å². The second kappa shape index (κ2) is 12.2. The van der Waals surface area contributed by atoms with E-state index in [4.69, 9.17) is 5.11 Å². The van der Waals surface area contributed by atoms with Crippen molar-refractivity contribution in [2.24, 2.45) is 11.8 Å². The average Bonchev–Trinajstić information content (AvgIpc) is 2.82. The molecule has 0 saturated heterocycles. The third kappa shape index (κ3) is 8.66. The number of aliphatic hydroxyl groups is 3. The van der Waals surface area contributed by atoms with Crippen molar-refractivity contribution in [3.8, 4) is 0 Å². The maximum atomic E-state index is 10.5. The third-order valence-electron chi connectivity index (χ3n) is 4.91. The van der Waals surface area contributed by atoms with Crippen LogP contribution in [0.25, 0.3) is 0 Å². The number of rotatable bonds is 12. The van der Waals surface area contributed by atoms with Gasteiger partial charge in [-0.05, 0) is 31.6 Å². The Kier molecular flexibility index (Phi) is 10.7. The molecule has 1 rings (SSSR count). The highest BCUT2D eigenvalue weighted by molar-refractivity contribution is 5.66. The van der Waals surface area contributed by atoms with Gasteiger partial charge in [0, 0.05) is 18.8 Å². The molecule has 1 fully saturated rings. The van der Waals surface area contributed by atoms with E-state index in [0.29, 0.717) is 25.7 Å². The highest BCUT2D eigenvalue weighted by atomic mass is 16.4. The molecule has 5 atom stereocenters. The number of hydrogen-bond acceptors (Lipinski definition) is 4. The molecule has 0 radical (unpaired) electrons. The molecule has 0 amide bonds. The Bertz CT molecular complexity index is 432. The van der Waals surface area contributed by atoms with Gasteiger partial charge in [0.1, 0.15) is 0 Å². The molecule has 5 heteroatoms. The molecule has 5 nitrogen and oxygen atoms in total. The standard InChI is InChI=1S/C20H34O5/c1-2-3-6-9-15(21)12-13-17-16(18(22)14-19(17)23)10-7-4-5-8-11-20(24)25/h4,7,12-13,15-19,21-23H,2-3,5-6,8-11,14H2,1H3,(H,24,25)/b7-4+,13-12+/t15?,16-,17-,18+,19-/m1/s1. The SMILES string of the molecule is CCCCCC(O)/C=C/[C@@H]1[C@@H](C/C=C/CCCC(=O)O)[C@@H](O)C[C@H]1O. The summed E-state index contributed by atoms with van der Waals surface area (Å²) in [6, 6.07) is 0. The van der Waals surface area contributed by atoms with Gasteiger partial charge in [-0.15, -0.1) is 0 Å². The quantitative estimate of drug-likeness (QED) is 0.319. The van der Waals surface area contributed by atoms with Gasteiger partial charge in [0.25, 0.3) is 0 Å². The summed E-state index contributed by atoms with van der Waals surface area (Å²) in [5.74, 6) is -1.00. The first kappa shape index (κ1) is 21.9. The van der Waals surface area contributed by atoms with Crippen molar-refractivity contribution in [2.45, 2.75) is 83.0 Å². The van der Waals surface area contributed by atoms with Gasteiger partial charge in [-0.25, -0.2) is 0 Å². The molecular weight excluding hydrogens is 320 g/mol. The lowest BCUT2D eigenvalue weighted by Gasteiger charge is -2.19. The van der Waals surface area contributed by atoms with E-state index >= 15 is 0 Å². The van der Waals surface area contributed by atoms with E-state index in [-0.39, 0.29) is 18.3 Å². The summed E-state index contributed by atoms with van der Waals surface area (Å²) in [4.78, 5) is 10.5. The molecule has 0 aromatic rings. The minimum Gasteiger partial charge on any atom is -0.481 e. The molecule has 1 aliphatic carbocycles. The second-order valence-electron chi connectivity index (χ2n) is 7.05. The fourth-order valence-electron chi connectivity index (χ4n) is 3.41. The second-order valence-corrected chi connectivity index (χ2v) is 7.05. The number of carbonyl (C=O) groups is 1. The van der Waals surface area contributed by atoms with Crippen LogP contribution < -0.4 is 0 Å². The smallest absolute Gasteiger partial charge is 0.303 e. The number of carboxylic acids is 1. The number of aliphatic carboxylic acids is 1. The molecule has 0 heterocycles. The Morgan fingerprint density at radius 1 is 1.16 bits per heavy atom. The molecule has 0 bridgehead atoms.